The van der Waals surface area contributed by atoms with Crippen molar-refractivity contribution in [2.75, 3.05) is 32.7 Å². The molecule has 3 aliphatic rings. The van der Waals surface area contributed by atoms with E-state index in [0.29, 0.717) is 49.1 Å². The third-order valence-electron chi connectivity index (χ3n) is 8.27. The fraction of sp³-hybridized carbons (Fsp3) is 0.483. The average Bonchev–Trinajstić information content (AvgIpc) is 3.33. The quantitative estimate of drug-likeness (QED) is 0.493. The summed E-state index contributed by atoms with van der Waals surface area (Å²) in [6, 6.07) is 10.7. The van der Waals surface area contributed by atoms with Crippen molar-refractivity contribution in [3.05, 3.63) is 63.9 Å². The summed E-state index contributed by atoms with van der Waals surface area (Å²) < 4.78 is 18.4. The van der Waals surface area contributed by atoms with Crippen LogP contribution in [0, 0.1) is 23.6 Å². The van der Waals surface area contributed by atoms with Gasteiger partial charge in [0.25, 0.3) is 0 Å². The van der Waals surface area contributed by atoms with Crippen LogP contribution in [0.15, 0.2) is 42.5 Å². The van der Waals surface area contributed by atoms with Crippen LogP contribution >= 0.6 is 23.2 Å². The molecule has 39 heavy (non-hydrogen) atoms. The number of nitrogens with zero attached hydrogens (tertiary/aromatic N) is 2. The van der Waals surface area contributed by atoms with Gasteiger partial charge in [-0.15, -0.1) is 0 Å². The minimum atomic E-state index is -0.650. The SMILES string of the molecule is O=C(NC[C@H]1CN(C(=O)C2CCN(C(=O)C3CCC3)CC2)C[C@H]1c1ccc(Cl)c(Cl)c1)Oc1ccc(F)cc1. The van der Waals surface area contributed by atoms with Crippen LogP contribution in [-0.2, 0) is 9.59 Å². The van der Waals surface area contributed by atoms with Gasteiger partial charge >= 0.3 is 6.09 Å². The molecule has 1 aliphatic carbocycles. The van der Waals surface area contributed by atoms with Gasteiger partial charge in [0.2, 0.25) is 11.8 Å². The Kier molecular flexibility index (Phi) is 8.62. The number of amides is 3. The maximum atomic E-state index is 13.6. The maximum absolute atomic E-state index is 13.6. The van der Waals surface area contributed by atoms with E-state index >= 15 is 0 Å². The van der Waals surface area contributed by atoms with Gasteiger partial charge in [-0.05, 0) is 67.6 Å². The number of nitrogens with one attached hydrogen (secondary N) is 1. The fourth-order valence-electron chi connectivity index (χ4n) is 5.76. The Bertz CT molecular complexity index is 1220. The highest BCUT2D eigenvalue weighted by Gasteiger charge is 2.40. The lowest BCUT2D eigenvalue weighted by Crippen LogP contribution is -2.46. The highest BCUT2D eigenvalue weighted by atomic mass is 35.5. The Morgan fingerprint density at radius 1 is 0.872 bits per heavy atom. The summed E-state index contributed by atoms with van der Waals surface area (Å²) in [5, 5.41) is 3.68. The summed E-state index contributed by atoms with van der Waals surface area (Å²) in [5.41, 5.74) is 0.944. The fourth-order valence-corrected chi connectivity index (χ4v) is 6.06. The van der Waals surface area contributed by atoms with Crippen molar-refractivity contribution < 1.29 is 23.5 Å². The van der Waals surface area contributed by atoms with Crippen LogP contribution in [-0.4, -0.2) is 60.4 Å². The molecule has 1 saturated carbocycles. The van der Waals surface area contributed by atoms with E-state index in [4.69, 9.17) is 27.9 Å². The summed E-state index contributed by atoms with van der Waals surface area (Å²) in [4.78, 5) is 42.4. The van der Waals surface area contributed by atoms with Gasteiger partial charge in [0.1, 0.15) is 11.6 Å². The van der Waals surface area contributed by atoms with Gasteiger partial charge in [-0.2, -0.15) is 0 Å². The molecule has 2 saturated heterocycles. The minimum absolute atomic E-state index is 0.0601. The first-order valence-corrected chi connectivity index (χ1v) is 14.3. The second kappa shape index (κ2) is 12.1. The zero-order valence-corrected chi connectivity index (χ0v) is 23.1. The molecule has 2 heterocycles. The molecule has 3 amide bonds. The van der Waals surface area contributed by atoms with Crippen molar-refractivity contribution in [1.29, 1.82) is 0 Å². The van der Waals surface area contributed by atoms with Gasteiger partial charge in [0, 0.05) is 56.4 Å². The summed E-state index contributed by atoms with van der Waals surface area (Å²) in [5.74, 6) is 0.0610. The Balaban J connectivity index is 1.22. The molecule has 7 nitrogen and oxygen atoms in total. The van der Waals surface area contributed by atoms with Crippen LogP contribution in [0.3, 0.4) is 0 Å². The van der Waals surface area contributed by atoms with Crippen LogP contribution in [0.2, 0.25) is 10.0 Å². The predicted octanol–water partition coefficient (Wildman–Crippen LogP) is 5.50. The van der Waals surface area contributed by atoms with Gasteiger partial charge in [0.05, 0.1) is 10.0 Å². The second-order valence-corrected chi connectivity index (χ2v) is 11.5. The lowest BCUT2D eigenvalue weighted by Gasteiger charge is -2.37. The van der Waals surface area contributed by atoms with Crippen LogP contribution in [0.25, 0.3) is 0 Å². The Morgan fingerprint density at radius 2 is 1.54 bits per heavy atom. The molecule has 0 radical (unpaired) electrons. The van der Waals surface area contributed by atoms with Crippen LogP contribution in [0.5, 0.6) is 5.75 Å². The molecule has 3 fully saturated rings. The monoisotopic (exact) mass is 575 g/mol. The van der Waals surface area contributed by atoms with E-state index in [9.17, 15) is 18.8 Å². The number of benzene rings is 2. The molecule has 10 heteroatoms. The summed E-state index contributed by atoms with van der Waals surface area (Å²) in [7, 11) is 0. The van der Waals surface area contributed by atoms with E-state index in [2.05, 4.69) is 5.32 Å². The van der Waals surface area contributed by atoms with E-state index in [-0.39, 0.29) is 47.8 Å². The van der Waals surface area contributed by atoms with Gasteiger partial charge in [0.15, 0.2) is 0 Å². The number of likely N-dealkylation sites (tertiary alicyclic amines) is 2. The zero-order valence-electron chi connectivity index (χ0n) is 21.6. The minimum Gasteiger partial charge on any atom is -0.410 e. The number of ether oxygens (including phenoxy) is 1. The molecule has 2 atom stereocenters. The van der Waals surface area contributed by atoms with Gasteiger partial charge in [-0.3, -0.25) is 9.59 Å². The molecule has 2 aliphatic heterocycles. The molecule has 0 aromatic heterocycles. The molecule has 2 aromatic rings. The standard InChI is InChI=1S/C29H32Cl2FN3O4/c30-25-9-4-20(14-26(25)31)24-17-35(16-21(24)15-33-29(38)39-23-7-5-22(32)6-8-23)28(37)19-10-12-34(13-11-19)27(36)18-2-1-3-18/h4-9,14,18-19,21,24H,1-3,10-13,15-17H2,(H,33,38)/t21-,24-/m0/s1. The maximum Gasteiger partial charge on any atom is 0.412 e. The molecular weight excluding hydrogens is 544 g/mol. The first kappa shape index (κ1) is 27.7. The predicted molar refractivity (Wildman–Crippen MR) is 146 cm³/mol. The second-order valence-electron chi connectivity index (χ2n) is 10.7. The van der Waals surface area contributed by atoms with E-state index in [1.165, 1.54) is 24.3 Å². The number of rotatable bonds is 6. The van der Waals surface area contributed by atoms with Crippen molar-refractivity contribution in [3.63, 3.8) is 0 Å². The summed E-state index contributed by atoms with van der Waals surface area (Å²) in [6.45, 7) is 2.49. The molecule has 5 rings (SSSR count). The van der Waals surface area contributed by atoms with Crippen molar-refractivity contribution in [3.8, 4) is 5.75 Å². The van der Waals surface area contributed by atoms with Gasteiger partial charge < -0.3 is 19.9 Å². The molecule has 1 N–H and O–H groups in total. The van der Waals surface area contributed by atoms with Crippen LogP contribution < -0.4 is 10.1 Å². The number of carbonyl (C=O) groups excluding carboxylic acids is 3. The zero-order chi connectivity index (χ0) is 27.5. The Morgan fingerprint density at radius 3 is 2.18 bits per heavy atom. The third-order valence-corrected chi connectivity index (χ3v) is 9.01. The lowest BCUT2D eigenvalue weighted by molar-refractivity contribution is -0.143. The number of piperidine rings is 1. The highest BCUT2D eigenvalue weighted by Crippen LogP contribution is 2.37. The van der Waals surface area contributed by atoms with E-state index in [0.717, 1.165) is 24.8 Å². The number of hydrogen-bond donors (Lipinski definition) is 1. The number of carbonyl (C=O) groups is 3. The molecular formula is C29H32Cl2FN3O4. The van der Waals surface area contributed by atoms with E-state index in [1.54, 1.807) is 6.07 Å². The van der Waals surface area contributed by atoms with Crippen molar-refractivity contribution >= 4 is 41.1 Å². The highest BCUT2D eigenvalue weighted by molar-refractivity contribution is 6.42. The van der Waals surface area contributed by atoms with Crippen LogP contribution in [0.1, 0.15) is 43.6 Å². The molecule has 2 aromatic carbocycles. The topological polar surface area (TPSA) is 79.0 Å². The van der Waals surface area contributed by atoms with Gasteiger partial charge in [-0.1, -0.05) is 35.7 Å². The number of halogens is 3. The Hall–Kier alpha value is -2.84. The van der Waals surface area contributed by atoms with Crippen molar-refractivity contribution in [2.24, 2.45) is 17.8 Å². The van der Waals surface area contributed by atoms with Crippen molar-refractivity contribution in [1.82, 2.24) is 15.1 Å². The number of hydrogen-bond acceptors (Lipinski definition) is 4. The van der Waals surface area contributed by atoms with Gasteiger partial charge in [-0.25, -0.2) is 9.18 Å². The van der Waals surface area contributed by atoms with Crippen LogP contribution in [0.4, 0.5) is 9.18 Å². The smallest absolute Gasteiger partial charge is 0.410 e. The largest absolute Gasteiger partial charge is 0.412 e. The molecule has 0 unspecified atom stereocenters. The van der Waals surface area contributed by atoms with E-state index < -0.39 is 11.9 Å². The average molecular weight is 576 g/mol. The first-order chi connectivity index (χ1) is 18.8. The molecule has 0 bridgehead atoms. The summed E-state index contributed by atoms with van der Waals surface area (Å²) in [6.07, 6.45) is 3.77. The third kappa shape index (κ3) is 6.49. The first-order valence-electron chi connectivity index (χ1n) is 13.5. The van der Waals surface area contributed by atoms with E-state index in [1.807, 2.05) is 21.9 Å². The molecule has 0 spiro atoms. The van der Waals surface area contributed by atoms with Crippen molar-refractivity contribution in [2.45, 2.75) is 38.0 Å². The lowest BCUT2D eigenvalue weighted by atomic mass is 9.83. The Labute approximate surface area is 237 Å². The summed E-state index contributed by atoms with van der Waals surface area (Å²) >= 11 is 12.4. The normalized spacial score (nSPS) is 21.9. The molecule has 208 valence electrons.